The molecule has 0 unspecified atom stereocenters. The Hall–Kier alpha value is -2.93. The largest absolute Gasteiger partial charge is 0.318 e. The quantitative estimate of drug-likeness (QED) is 0.671. The van der Waals surface area contributed by atoms with Gasteiger partial charge < -0.3 is 4.57 Å². The molecule has 1 fully saturated rings. The van der Waals surface area contributed by atoms with Gasteiger partial charge in [-0.2, -0.15) is 15.1 Å². The molecule has 0 radical (unpaired) electrons. The average molecular weight is 432 g/mol. The number of aryl methyl sites for hydroxylation is 1. The molecule has 1 aromatic heterocycles. The van der Waals surface area contributed by atoms with E-state index in [-0.39, 0.29) is 17.3 Å². The van der Waals surface area contributed by atoms with Crippen LogP contribution in [0.3, 0.4) is 0 Å². The molecule has 3 aliphatic rings. The zero-order chi connectivity index (χ0) is 21.5. The molecule has 1 saturated carbocycles. The number of thioether (sulfide) groups is 1. The summed E-state index contributed by atoms with van der Waals surface area (Å²) < 4.78 is 2.16. The molecular formula is C24H25N5OS. The number of nitrogens with one attached hydrogen (secondary N) is 1. The molecular weight excluding hydrogens is 406 g/mol. The molecule has 1 aromatic carbocycles. The number of rotatable bonds is 3. The first-order valence-electron chi connectivity index (χ1n) is 10.8. The van der Waals surface area contributed by atoms with Crippen molar-refractivity contribution in [3.8, 4) is 5.69 Å². The summed E-state index contributed by atoms with van der Waals surface area (Å²) in [5, 5.41) is 16.4. The third-order valence-corrected chi connectivity index (χ3v) is 7.28. The molecule has 0 bridgehead atoms. The zero-order valence-electron chi connectivity index (χ0n) is 17.8. The topological polar surface area (TPSA) is 73.8 Å². The van der Waals surface area contributed by atoms with E-state index in [1.165, 1.54) is 36.0 Å². The number of amidine groups is 2. The van der Waals surface area contributed by atoms with Crippen LogP contribution in [0.1, 0.15) is 49.1 Å². The molecule has 2 aliphatic heterocycles. The molecule has 0 atom stereocenters. The second-order valence-electron chi connectivity index (χ2n) is 8.29. The summed E-state index contributed by atoms with van der Waals surface area (Å²) in [6.07, 6.45) is 7.75. The Morgan fingerprint density at radius 1 is 1.13 bits per heavy atom. The molecule has 0 spiro atoms. The second kappa shape index (κ2) is 7.96. The van der Waals surface area contributed by atoms with E-state index in [1.54, 1.807) is 6.08 Å². The number of carbonyl (C=O) groups is 1. The lowest BCUT2D eigenvalue weighted by Crippen LogP contribution is -2.35. The van der Waals surface area contributed by atoms with Gasteiger partial charge in [0, 0.05) is 23.0 Å². The van der Waals surface area contributed by atoms with Gasteiger partial charge in [0.25, 0.3) is 5.91 Å². The van der Waals surface area contributed by atoms with E-state index >= 15 is 0 Å². The van der Waals surface area contributed by atoms with Crippen LogP contribution in [0.4, 0.5) is 0 Å². The lowest BCUT2D eigenvalue weighted by atomic mass is 9.90. The Balaban J connectivity index is 1.48. The zero-order valence-corrected chi connectivity index (χ0v) is 18.6. The van der Waals surface area contributed by atoms with Gasteiger partial charge in [-0.25, -0.2) is 0 Å². The molecule has 1 N–H and O–H groups in total. The highest BCUT2D eigenvalue weighted by molar-refractivity contribution is 8.27. The van der Waals surface area contributed by atoms with Crippen LogP contribution in [0.15, 0.2) is 52.1 Å². The summed E-state index contributed by atoms with van der Waals surface area (Å²) in [4.78, 5) is 17.1. The van der Waals surface area contributed by atoms with Crippen LogP contribution in [-0.2, 0) is 4.79 Å². The van der Waals surface area contributed by atoms with E-state index in [0.717, 1.165) is 40.5 Å². The number of hydrazone groups is 1. The van der Waals surface area contributed by atoms with Crippen LogP contribution < -0.4 is 0 Å². The van der Waals surface area contributed by atoms with Gasteiger partial charge in [0.15, 0.2) is 5.84 Å². The van der Waals surface area contributed by atoms with Crippen LogP contribution in [0.25, 0.3) is 11.8 Å². The Kier molecular flexibility index (Phi) is 5.14. The molecule has 31 heavy (non-hydrogen) atoms. The maximum absolute atomic E-state index is 12.8. The third kappa shape index (κ3) is 3.57. The third-order valence-electron chi connectivity index (χ3n) is 6.21. The molecule has 3 heterocycles. The summed E-state index contributed by atoms with van der Waals surface area (Å²) >= 11 is 1.46. The number of hydrogen-bond donors (Lipinski definition) is 1. The summed E-state index contributed by atoms with van der Waals surface area (Å²) in [5.74, 6) is 0.165. The molecule has 7 heteroatoms. The van der Waals surface area contributed by atoms with Gasteiger partial charge in [-0.3, -0.25) is 10.2 Å². The average Bonchev–Trinajstić information content (AvgIpc) is 3.33. The maximum Gasteiger partial charge on any atom is 0.283 e. The van der Waals surface area contributed by atoms with Crippen LogP contribution in [0.2, 0.25) is 0 Å². The fourth-order valence-electron chi connectivity index (χ4n) is 4.59. The van der Waals surface area contributed by atoms with Crippen LogP contribution in [0.5, 0.6) is 0 Å². The number of carbonyl (C=O) groups excluding carboxylic acids is 1. The second-order valence-corrected chi connectivity index (χ2v) is 9.28. The number of fused-ring (bicyclic) bond motifs is 1. The Bertz CT molecular complexity index is 1150. The number of aliphatic imine (C=N–C) groups is 1. The summed E-state index contributed by atoms with van der Waals surface area (Å²) in [5.41, 5.74) is 4.37. The Morgan fingerprint density at radius 2 is 1.87 bits per heavy atom. The lowest BCUT2D eigenvalue weighted by molar-refractivity contribution is -0.114. The van der Waals surface area contributed by atoms with Gasteiger partial charge in [0.2, 0.25) is 5.17 Å². The maximum atomic E-state index is 12.8. The van der Waals surface area contributed by atoms with Gasteiger partial charge in [-0.15, -0.1) is 0 Å². The SMILES string of the molecule is Cc1cc(/C=C2/C(=N)N3N=C(C4CCCCC4)SC3=NC2=O)c(C)n1-c1ccccc1. The lowest BCUT2D eigenvalue weighted by Gasteiger charge is -2.20. The molecule has 158 valence electrons. The minimum Gasteiger partial charge on any atom is -0.318 e. The van der Waals surface area contributed by atoms with Gasteiger partial charge in [0.1, 0.15) is 5.04 Å². The van der Waals surface area contributed by atoms with Crippen molar-refractivity contribution in [2.45, 2.75) is 46.0 Å². The monoisotopic (exact) mass is 431 g/mol. The first-order valence-corrected chi connectivity index (χ1v) is 11.6. The standard InChI is InChI=1S/C24H25N5OS/c1-15-13-18(16(2)28(15)19-11-7-4-8-12-19)14-20-21(25)29-24(26-22(20)30)31-23(27-29)17-9-5-3-6-10-17/h4,7-8,11-14,17,25H,3,5-6,9-10H2,1-2H3/b20-14-,25-21?. The smallest absolute Gasteiger partial charge is 0.283 e. The van der Waals surface area contributed by atoms with E-state index in [9.17, 15) is 4.79 Å². The van der Waals surface area contributed by atoms with Crippen molar-refractivity contribution in [2.24, 2.45) is 16.0 Å². The van der Waals surface area contributed by atoms with Gasteiger partial charge in [0.05, 0.1) is 5.57 Å². The normalized spacial score (nSPS) is 20.8. The molecule has 1 amide bonds. The van der Waals surface area contributed by atoms with Crippen molar-refractivity contribution in [2.75, 3.05) is 0 Å². The highest BCUT2D eigenvalue weighted by Gasteiger charge is 2.38. The Morgan fingerprint density at radius 3 is 2.61 bits per heavy atom. The Labute approximate surface area is 186 Å². The summed E-state index contributed by atoms with van der Waals surface area (Å²) in [7, 11) is 0. The van der Waals surface area contributed by atoms with Crippen molar-refractivity contribution in [1.82, 2.24) is 9.58 Å². The highest BCUT2D eigenvalue weighted by atomic mass is 32.2. The minimum absolute atomic E-state index is 0.109. The van der Waals surface area contributed by atoms with Crippen LogP contribution >= 0.6 is 11.8 Å². The number of amides is 1. The number of hydrogen-bond acceptors (Lipinski definition) is 4. The van der Waals surface area contributed by atoms with Crippen molar-refractivity contribution in [3.05, 3.63) is 58.9 Å². The van der Waals surface area contributed by atoms with Gasteiger partial charge >= 0.3 is 0 Å². The van der Waals surface area contributed by atoms with E-state index in [2.05, 4.69) is 21.7 Å². The predicted molar refractivity (Wildman–Crippen MR) is 127 cm³/mol. The van der Waals surface area contributed by atoms with E-state index in [4.69, 9.17) is 10.5 Å². The molecule has 5 rings (SSSR count). The van der Waals surface area contributed by atoms with E-state index in [1.807, 2.05) is 38.1 Å². The molecule has 6 nitrogen and oxygen atoms in total. The predicted octanol–water partition coefficient (Wildman–Crippen LogP) is 5.29. The van der Waals surface area contributed by atoms with Gasteiger partial charge in [-0.05, 0) is 68.3 Å². The number of para-hydroxylation sites is 1. The van der Waals surface area contributed by atoms with E-state index < -0.39 is 0 Å². The summed E-state index contributed by atoms with van der Waals surface area (Å²) in [6.45, 7) is 4.08. The highest BCUT2D eigenvalue weighted by Crippen LogP contribution is 2.36. The first-order chi connectivity index (χ1) is 15.0. The van der Waals surface area contributed by atoms with Crippen molar-refractivity contribution >= 4 is 39.8 Å². The minimum atomic E-state index is -0.367. The van der Waals surface area contributed by atoms with Crippen LogP contribution in [-0.4, -0.2) is 31.5 Å². The molecule has 1 aliphatic carbocycles. The first kappa shape index (κ1) is 20.0. The number of nitrogens with zero attached hydrogens (tertiary/aromatic N) is 4. The summed E-state index contributed by atoms with van der Waals surface area (Å²) in [6, 6.07) is 12.2. The number of aromatic nitrogens is 1. The molecule has 2 aromatic rings. The molecule has 0 saturated heterocycles. The van der Waals surface area contributed by atoms with Crippen molar-refractivity contribution < 1.29 is 4.79 Å². The fourth-order valence-corrected chi connectivity index (χ4v) is 5.64. The van der Waals surface area contributed by atoms with Gasteiger partial charge in [-0.1, -0.05) is 37.5 Å². The fraction of sp³-hybridized carbons (Fsp3) is 0.333. The van der Waals surface area contributed by atoms with E-state index in [0.29, 0.717) is 11.1 Å². The van der Waals surface area contributed by atoms with Crippen molar-refractivity contribution in [3.63, 3.8) is 0 Å². The van der Waals surface area contributed by atoms with Crippen LogP contribution in [0, 0.1) is 25.2 Å². The van der Waals surface area contributed by atoms with Crippen molar-refractivity contribution in [1.29, 1.82) is 5.41 Å². The number of benzene rings is 1.